The van der Waals surface area contributed by atoms with Crippen LogP contribution >= 0.6 is 0 Å². The molecule has 0 saturated heterocycles. The molecule has 0 aliphatic rings. The average molecular weight is 425 g/mol. The highest BCUT2D eigenvalue weighted by molar-refractivity contribution is 7.88. The first-order chi connectivity index (χ1) is 14.5. The second kappa shape index (κ2) is 8.13. The van der Waals surface area contributed by atoms with Crippen LogP contribution in [-0.2, 0) is 16.6 Å². The predicted molar refractivity (Wildman–Crippen MR) is 109 cm³/mol. The summed E-state index contributed by atoms with van der Waals surface area (Å²) in [5.74, 6) is 1.25. The second-order valence-electron chi connectivity index (χ2n) is 6.52. The van der Waals surface area contributed by atoms with Crippen LogP contribution in [0.3, 0.4) is 0 Å². The lowest BCUT2D eigenvalue weighted by atomic mass is 10.2. The minimum atomic E-state index is -3.82. The van der Waals surface area contributed by atoms with Crippen molar-refractivity contribution in [2.45, 2.75) is 11.6 Å². The Labute approximate surface area is 173 Å². The van der Waals surface area contributed by atoms with Gasteiger partial charge in [0.1, 0.15) is 5.75 Å². The lowest BCUT2D eigenvalue weighted by Gasteiger charge is -2.15. The Bertz CT molecular complexity index is 1250. The Morgan fingerprint density at radius 2 is 1.83 bits per heavy atom. The van der Waals surface area contributed by atoms with E-state index < -0.39 is 10.0 Å². The van der Waals surface area contributed by atoms with Gasteiger partial charge in [-0.1, -0.05) is 47.6 Å². The van der Waals surface area contributed by atoms with Crippen LogP contribution in [0.4, 0.5) is 0 Å². The summed E-state index contributed by atoms with van der Waals surface area (Å²) in [4.78, 5) is 4.30. The topological polar surface area (TPSA) is 98.7 Å². The minimum Gasteiger partial charge on any atom is -0.497 e. The van der Waals surface area contributed by atoms with Gasteiger partial charge in [-0.2, -0.15) is 9.29 Å². The number of sulfonamides is 1. The summed E-state index contributed by atoms with van der Waals surface area (Å²) >= 11 is 0. The average Bonchev–Trinajstić information content (AvgIpc) is 3.44. The molecule has 0 aliphatic heterocycles. The van der Waals surface area contributed by atoms with Crippen LogP contribution in [0.5, 0.6) is 5.75 Å². The van der Waals surface area contributed by atoms with E-state index in [0.717, 1.165) is 5.56 Å². The number of furan rings is 1. The Kier molecular flexibility index (Phi) is 5.39. The van der Waals surface area contributed by atoms with Crippen LogP contribution < -0.4 is 4.74 Å². The Balaban J connectivity index is 1.56. The van der Waals surface area contributed by atoms with E-state index in [1.807, 2.05) is 42.5 Å². The molecule has 0 unspecified atom stereocenters. The molecule has 2 heterocycles. The van der Waals surface area contributed by atoms with Crippen molar-refractivity contribution in [3.05, 3.63) is 72.3 Å². The Morgan fingerprint density at radius 3 is 2.60 bits per heavy atom. The lowest BCUT2D eigenvalue weighted by molar-refractivity contribution is 0.387. The zero-order valence-electron chi connectivity index (χ0n) is 16.3. The summed E-state index contributed by atoms with van der Waals surface area (Å²) in [6.45, 7) is 0.222. The summed E-state index contributed by atoms with van der Waals surface area (Å²) in [5, 5.41) is 3.74. The largest absolute Gasteiger partial charge is 0.497 e. The van der Waals surface area contributed by atoms with Crippen LogP contribution in [0.15, 0.2) is 80.8 Å². The molecular weight excluding hydrogens is 406 g/mol. The number of aromatic nitrogens is 2. The molecule has 0 amide bonds. The third-order valence-electron chi connectivity index (χ3n) is 4.46. The maximum Gasteiger partial charge on any atom is 0.293 e. The highest BCUT2D eigenvalue weighted by atomic mass is 32.2. The van der Waals surface area contributed by atoms with Crippen molar-refractivity contribution in [1.29, 1.82) is 0 Å². The number of hydrogen-bond acceptors (Lipinski definition) is 7. The highest BCUT2D eigenvalue weighted by Crippen LogP contribution is 2.28. The van der Waals surface area contributed by atoms with Gasteiger partial charge in [-0.15, -0.1) is 0 Å². The van der Waals surface area contributed by atoms with Gasteiger partial charge < -0.3 is 13.7 Å². The van der Waals surface area contributed by atoms with E-state index in [9.17, 15) is 8.42 Å². The first kappa shape index (κ1) is 19.9. The van der Waals surface area contributed by atoms with Gasteiger partial charge in [0.05, 0.1) is 7.11 Å². The zero-order valence-corrected chi connectivity index (χ0v) is 17.2. The van der Waals surface area contributed by atoms with Crippen molar-refractivity contribution in [3.8, 4) is 28.8 Å². The van der Waals surface area contributed by atoms with Crippen LogP contribution in [0.2, 0.25) is 0 Å². The van der Waals surface area contributed by atoms with Gasteiger partial charge in [0.2, 0.25) is 10.9 Å². The molecule has 0 fully saturated rings. The summed E-state index contributed by atoms with van der Waals surface area (Å²) in [6, 6.07) is 19.4. The molecule has 0 saturated carbocycles. The summed E-state index contributed by atoms with van der Waals surface area (Å²) in [7, 11) is -0.750. The van der Waals surface area contributed by atoms with Crippen molar-refractivity contribution in [3.63, 3.8) is 0 Å². The zero-order chi connectivity index (χ0) is 21.1. The van der Waals surface area contributed by atoms with Gasteiger partial charge in [0.15, 0.2) is 5.76 Å². The van der Waals surface area contributed by atoms with Crippen molar-refractivity contribution in [2.24, 2.45) is 0 Å². The molecule has 0 aliphatic carbocycles. The molecular formula is C21H19N3O5S. The maximum atomic E-state index is 12.8. The van der Waals surface area contributed by atoms with E-state index in [4.69, 9.17) is 13.7 Å². The number of benzene rings is 2. The maximum absolute atomic E-state index is 12.8. The lowest BCUT2D eigenvalue weighted by Crippen LogP contribution is -2.26. The third kappa shape index (κ3) is 3.98. The molecule has 154 valence electrons. The number of hydrogen-bond donors (Lipinski definition) is 0. The fourth-order valence-electron chi connectivity index (χ4n) is 2.86. The van der Waals surface area contributed by atoms with E-state index in [2.05, 4.69) is 10.1 Å². The summed E-state index contributed by atoms with van der Waals surface area (Å²) < 4.78 is 42.9. The van der Waals surface area contributed by atoms with Gasteiger partial charge in [0, 0.05) is 19.2 Å². The fourth-order valence-corrected chi connectivity index (χ4v) is 3.92. The van der Waals surface area contributed by atoms with E-state index in [0.29, 0.717) is 17.1 Å². The number of rotatable bonds is 7. The predicted octanol–water partition coefficient (Wildman–Crippen LogP) is 3.83. The highest BCUT2D eigenvalue weighted by Gasteiger charge is 2.26. The van der Waals surface area contributed by atoms with Crippen molar-refractivity contribution in [2.75, 3.05) is 14.2 Å². The smallest absolute Gasteiger partial charge is 0.293 e. The molecule has 4 rings (SSSR count). The molecule has 0 radical (unpaired) electrons. The van der Waals surface area contributed by atoms with Gasteiger partial charge in [-0.25, -0.2) is 8.42 Å². The van der Waals surface area contributed by atoms with E-state index in [1.165, 1.54) is 23.5 Å². The molecule has 2 aromatic carbocycles. The summed E-state index contributed by atoms with van der Waals surface area (Å²) in [6.07, 6.45) is 0. The summed E-state index contributed by atoms with van der Waals surface area (Å²) in [5.41, 5.74) is 1.57. The van der Waals surface area contributed by atoms with E-state index in [1.54, 1.807) is 19.2 Å². The Morgan fingerprint density at radius 1 is 1.03 bits per heavy atom. The molecule has 0 spiro atoms. The second-order valence-corrected chi connectivity index (χ2v) is 8.50. The Hall–Kier alpha value is -3.43. The van der Waals surface area contributed by atoms with Gasteiger partial charge in [-0.05, 0) is 29.8 Å². The SMILES string of the molecule is COc1cccc(-c2noc(-c3ccc(S(=O)(=O)N(C)Cc4ccccc4)o3)n2)c1. The minimum absolute atomic E-state index is 0.0833. The third-order valence-corrected chi connectivity index (χ3v) is 6.14. The quantitative estimate of drug-likeness (QED) is 0.444. The van der Waals surface area contributed by atoms with Crippen molar-refractivity contribution < 1.29 is 22.1 Å². The van der Waals surface area contributed by atoms with Crippen LogP contribution in [0.25, 0.3) is 23.0 Å². The van der Waals surface area contributed by atoms with Gasteiger partial charge in [-0.3, -0.25) is 0 Å². The molecule has 2 aromatic heterocycles. The molecule has 0 atom stereocenters. The first-order valence-corrected chi connectivity index (χ1v) is 10.5. The van der Waals surface area contributed by atoms with Gasteiger partial charge in [0.25, 0.3) is 15.9 Å². The number of ether oxygens (including phenoxy) is 1. The van der Waals surface area contributed by atoms with Crippen LogP contribution in [-0.4, -0.2) is 37.0 Å². The van der Waals surface area contributed by atoms with E-state index >= 15 is 0 Å². The molecule has 0 bridgehead atoms. The van der Waals surface area contributed by atoms with Gasteiger partial charge >= 0.3 is 0 Å². The van der Waals surface area contributed by atoms with Crippen LogP contribution in [0, 0.1) is 0 Å². The van der Waals surface area contributed by atoms with Crippen LogP contribution in [0.1, 0.15) is 5.56 Å². The van der Waals surface area contributed by atoms with Crippen molar-refractivity contribution >= 4 is 10.0 Å². The van der Waals surface area contributed by atoms with Crippen molar-refractivity contribution in [1.82, 2.24) is 14.4 Å². The molecule has 30 heavy (non-hydrogen) atoms. The number of nitrogens with zero attached hydrogens (tertiary/aromatic N) is 3. The molecule has 0 N–H and O–H groups in total. The normalized spacial score (nSPS) is 11.7. The number of methoxy groups -OCH3 is 1. The molecule has 4 aromatic rings. The molecule has 9 heteroatoms. The monoisotopic (exact) mass is 425 g/mol. The molecule has 8 nitrogen and oxygen atoms in total. The fraction of sp³-hybridized carbons (Fsp3) is 0.143. The first-order valence-electron chi connectivity index (χ1n) is 9.06. The standard InChI is InChI=1S/C21H19N3O5S/c1-24(14-15-7-4-3-5-8-15)30(25,26)19-12-11-18(28-19)21-22-20(23-29-21)16-9-6-10-17(13-16)27-2/h3-13H,14H2,1-2H3. The van der Waals surface area contributed by atoms with E-state index in [-0.39, 0.29) is 23.3 Å².